The lowest BCUT2D eigenvalue weighted by Gasteiger charge is -2.07. The van der Waals surface area contributed by atoms with Crippen LogP contribution in [0.15, 0.2) is 66.9 Å². The molecule has 1 amide bonds. The Morgan fingerprint density at radius 3 is 2.66 bits per heavy atom. The van der Waals surface area contributed by atoms with Gasteiger partial charge >= 0.3 is 0 Å². The number of carbonyl (C=O) groups excluding carboxylic acids is 1. The molecule has 0 aliphatic carbocycles. The van der Waals surface area contributed by atoms with Crippen LogP contribution in [-0.2, 0) is 17.8 Å². The van der Waals surface area contributed by atoms with E-state index in [2.05, 4.69) is 20.5 Å². The first kappa shape index (κ1) is 19.9. The van der Waals surface area contributed by atoms with Crippen molar-refractivity contribution in [1.29, 1.82) is 0 Å². The van der Waals surface area contributed by atoms with Gasteiger partial charge in [0.05, 0.1) is 6.54 Å². The number of hydrogen-bond donors (Lipinski definition) is 2. The zero-order chi connectivity index (χ0) is 22.1. The maximum Gasteiger partial charge on any atom is 0.220 e. The lowest BCUT2D eigenvalue weighted by atomic mass is 10.0. The highest BCUT2D eigenvalue weighted by Crippen LogP contribution is 2.32. The van der Waals surface area contributed by atoms with E-state index in [0.29, 0.717) is 23.3 Å². The minimum atomic E-state index is -0.355. The normalized spacial score (nSPS) is 11.3. The summed E-state index contributed by atoms with van der Waals surface area (Å²) in [4.78, 5) is 15.8. The van der Waals surface area contributed by atoms with Crippen molar-refractivity contribution in [2.24, 2.45) is 0 Å². The van der Waals surface area contributed by atoms with Crippen LogP contribution in [0.4, 0.5) is 8.78 Å². The first-order chi connectivity index (χ1) is 15.6. The molecule has 6 nitrogen and oxygen atoms in total. The van der Waals surface area contributed by atoms with E-state index in [1.165, 1.54) is 24.3 Å². The summed E-state index contributed by atoms with van der Waals surface area (Å²) in [7, 11) is 0. The minimum absolute atomic E-state index is 0.159. The van der Waals surface area contributed by atoms with E-state index in [-0.39, 0.29) is 30.5 Å². The Labute approximate surface area is 181 Å². The van der Waals surface area contributed by atoms with Gasteiger partial charge < -0.3 is 10.3 Å². The van der Waals surface area contributed by atoms with Crippen LogP contribution in [0.2, 0.25) is 0 Å². The van der Waals surface area contributed by atoms with Crippen LogP contribution < -0.4 is 5.32 Å². The Morgan fingerprint density at radius 2 is 1.81 bits per heavy atom. The van der Waals surface area contributed by atoms with Crippen molar-refractivity contribution in [2.75, 3.05) is 0 Å². The maximum atomic E-state index is 13.9. The van der Waals surface area contributed by atoms with Crippen LogP contribution in [0, 0.1) is 11.6 Å². The third-order valence-electron chi connectivity index (χ3n) is 5.43. The quantitative estimate of drug-likeness (QED) is 0.418. The van der Waals surface area contributed by atoms with Gasteiger partial charge in [-0.15, -0.1) is 10.2 Å². The summed E-state index contributed by atoms with van der Waals surface area (Å²) in [5, 5.41) is 11.8. The van der Waals surface area contributed by atoms with E-state index in [0.717, 1.165) is 22.3 Å². The number of benzene rings is 2. The lowest BCUT2D eigenvalue weighted by Crippen LogP contribution is -2.24. The van der Waals surface area contributed by atoms with E-state index in [1.807, 2.05) is 28.8 Å². The minimum Gasteiger partial charge on any atom is -0.354 e. The van der Waals surface area contributed by atoms with Gasteiger partial charge in [-0.25, -0.2) is 8.78 Å². The number of fused-ring (bicyclic) bond motifs is 2. The fourth-order valence-electron chi connectivity index (χ4n) is 3.86. The molecule has 0 aliphatic heterocycles. The summed E-state index contributed by atoms with van der Waals surface area (Å²) in [6.07, 6.45) is 2.43. The number of carbonyl (C=O) groups is 1. The van der Waals surface area contributed by atoms with Crippen molar-refractivity contribution in [2.45, 2.75) is 19.4 Å². The second-order valence-corrected chi connectivity index (χ2v) is 7.50. The number of nitrogens with zero attached hydrogens (tertiary/aromatic N) is 3. The van der Waals surface area contributed by atoms with Gasteiger partial charge in [0.15, 0.2) is 11.5 Å². The summed E-state index contributed by atoms with van der Waals surface area (Å²) in [6.45, 7) is 0.247. The summed E-state index contributed by atoms with van der Waals surface area (Å²) in [5.41, 5.74) is 3.81. The number of hydrogen-bond acceptors (Lipinski definition) is 3. The Morgan fingerprint density at radius 1 is 1.00 bits per heavy atom. The highest BCUT2D eigenvalue weighted by atomic mass is 19.1. The van der Waals surface area contributed by atoms with E-state index >= 15 is 0 Å². The van der Waals surface area contributed by atoms with E-state index < -0.39 is 0 Å². The molecule has 32 heavy (non-hydrogen) atoms. The summed E-state index contributed by atoms with van der Waals surface area (Å²) < 4.78 is 29.1. The molecule has 2 N–H and O–H groups in total. The Balaban J connectivity index is 1.36. The van der Waals surface area contributed by atoms with Crippen LogP contribution in [0.5, 0.6) is 0 Å². The number of pyridine rings is 1. The van der Waals surface area contributed by atoms with Gasteiger partial charge in [-0.2, -0.15) is 0 Å². The van der Waals surface area contributed by atoms with Gasteiger partial charge in [0, 0.05) is 29.2 Å². The number of aryl methyl sites for hydroxylation is 1. The van der Waals surface area contributed by atoms with Crippen molar-refractivity contribution in [1.82, 2.24) is 24.9 Å². The number of amides is 1. The number of aromatic nitrogens is 4. The average Bonchev–Trinajstić information content (AvgIpc) is 3.38. The lowest BCUT2D eigenvalue weighted by molar-refractivity contribution is -0.121. The van der Waals surface area contributed by atoms with E-state index in [9.17, 15) is 13.6 Å². The maximum absolute atomic E-state index is 13.9. The molecular weight excluding hydrogens is 412 g/mol. The van der Waals surface area contributed by atoms with Crippen LogP contribution in [0.1, 0.15) is 17.8 Å². The first-order valence-electron chi connectivity index (χ1n) is 10.2. The third-order valence-corrected chi connectivity index (χ3v) is 5.43. The number of nitrogens with one attached hydrogen (secondary N) is 2. The van der Waals surface area contributed by atoms with Gasteiger partial charge in [0.25, 0.3) is 0 Å². The zero-order valence-corrected chi connectivity index (χ0v) is 17.0. The molecule has 0 spiro atoms. The molecule has 0 aliphatic rings. The van der Waals surface area contributed by atoms with Crippen molar-refractivity contribution < 1.29 is 13.6 Å². The number of aromatic amines is 1. The van der Waals surface area contributed by atoms with Gasteiger partial charge in [-0.1, -0.05) is 6.07 Å². The topological polar surface area (TPSA) is 75.1 Å². The van der Waals surface area contributed by atoms with Crippen LogP contribution in [0.25, 0.3) is 27.8 Å². The van der Waals surface area contributed by atoms with Crippen molar-refractivity contribution in [3.8, 4) is 11.3 Å². The van der Waals surface area contributed by atoms with E-state index in [1.54, 1.807) is 18.2 Å². The van der Waals surface area contributed by atoms with Gasteiger partial charge in [0.2, 0.25) is 5.91 Å². The Bertz CT molecular complexity index is 1420. The molecule has 0 radical (unpaired) electrons. The zero-order valence-electron chi connectivity index (χ0n) is 17.0. The van der Waals surface area contributed by atoms with E-state index in [4.69, 9.17) is 0 Å². The fraction of sp³-hybridized carbons (Fsp3) is 0.125. The predicted octanol–water partition coefficient (Wildman–Crippen LogP) is 4.40. The second kappa shape index (κ2) is 8.22. The molecule has 0 bridgehead atoms. The van der Waals surface area contributed by atoms with Crippen molar-refractivity contribution in [3.63, 3.8) is 0 Å². The molecule has 0 saturated carbocycles. The molecule has 0 unspecified atom stereocenters. The number of rotatable bonds is 6. The highest BCUT2D eigenvalue weighted by Gasteiger charge is 2.16. The number of H-pyrrole nitrogens is 1. The SMILES string of the molecule is O=C(CCc1c(-c2ccc(F)cc2)[nH]c2ccc(F)cc12)NCc1nnc2ccccn12. The molecule has 160 valence electrons. The molecule has 2 aromatic carbocycles. The molecule has 0 atom stereocenters. The smallest absolute Gasteiger partial charge is 0.220 e. The van der Waals surface area contributed by atoms with Crippen LogP contribution in [-0.4, -0.2) is 25.5 Å². The third kappa shape index (κ3) is 3.82. The Hall–Kier alpha value is -4.07. The molecule has 0 fully saturated rings. The molecule has 3 heterocycles. The fourth-order valence-corrected chi connectivity index (χ4v) is 3.86. The molecular formula is C24H19F2N5O. The number of halogens is 2. The average molecular weight is 431 g/mol. The van der Waals surface area contributed by atoms with Crippen LogP contribution in [0.3, 0.4) is 0 Å². The summed E-state index contributed by atoms with van der Waals surface area (Å²) >= 11 is 0. The summed E-state index contributed by atoms with van der Waals surface area (Å²) in [6, 6.07) is 16.2. The van der Waals surface area contributed by atoms with Crippen LogP contribution >= 0.6 is 0 Å². The van der Waals surface area contributed by atoms with Gasteiger partial charge in [-0.3, -0.25) is 9.20 Å². The van der Waals surface area contributed by atoms with Gasteiger partial charge in [-0.05, 0) is 72.1 Å². The molecule has 8 heteroatoms. The standard InChI is InChI=1S/C24H19F2N5O/c25-16-6-4-15(5-7-16)24-18(19-13-17(26)8-10-20(19)28-24)9-11-23(32)27-14-22-30-29-21-3-1-2-12-31(21)22/h1-8,10,12-13,28H,9,11,14H2,(H,27,32). The molecule has 5 rings (SSSR count). The predicted molar refractivity (Wildman–Crippen MR) is 117 cm³/mol. The largest absolute Gasteiger partial charge is 0.354 e. The first-order valence-corrected chi connectivity index (χ1v) is 10.2. The van der Waals surface area contributed by atoms with Crippen molar-refractivity contribution in [3.05, 3.63) is 89.9 Å². The Kier molecular flexibility index (Phi) is 5.10. The molecule has 0 saturated heterocycles. The highest BCUT2D eigenvalue weighted by molar-refractivity contribution is 5.91. The molecule has 5 aromatic rings. The molecule has 3 aromatic heterocycles. The van der Waals surface area contributed by atoms with Crippen molar-refractivity contribution >= 4 is 22.5 Å². The second-order valence-electron chi connectivity index (χ2n) is 7.50. The van der Waals surface area contributed by atoms with Gasteiger partial charge in [0.1, 0.15) is 11.6 Å². The monoisotopic (exact) mass is 431 g/mol. The summed E-state index contributed by atoms with van der Waals surface area (Å²) in [5.74, 6) is -0.215.